The first kappa shape index (κ1) is 15.6. The van der Waals surface area contributed by atoms with Gasteiger partial charge >= 0.3 is 0 Å². The van der Waals surface area contributed by atoms with E-state index in [-0.39, 0.29) is 6.04 Å². The molecule has 21 heavy (non-hydrogen) atoms. The normalized spacial score (nSPS) is 12.6. The van der Waals surface area contributed by atoms with Crippen molar-refractivity contribution in [2.45, 2.75) is 39.8 Å². The minimum atomic E-state index is -0.826. The second-order valence-corrected chi connectivity index (χ2v) is 5.09. The van der Waals surface area contributed by atoms with Crippen LogP contribution in [-0.2, 0) is 6.54 Å². The van der Waals surface area contributed by atoms with Gasteiger partial charge in [-0.1, -0.05) is 13.0 Å². The van der Waals surface area contributed by atoms with Gasteiger partial charge in [-0.25, -0.2) is 8.78 Å². The maximum Gasteiger partial charge on any atom is 0.159 e. The zero-order chi connectivity index (χ0) is 15.4. The van der Waals surface area contributed by atoms with Crippen molar-refractivity contribution < 1.29 is 8.78 Å². The van der Waals surface area contributed by atoms with Crippen LogP contribution >= 0.6 is 0 Å². The molecule has 0 saturated carbocycles. The van der Waals surface area contributed by atoms with Crippen molar-refractivity contribution in [2.75, 3.05) is 6.54 Å². The third kappa shape index (κ3) is 3.47. The smallest absolute Gasteiger partial charge is 0.159 e. The molecular weight excluding hydrogens is 272 g/mol. The molecule has 5 heteroatoms. The van der Waals surface area contributed by atoms with Gasteiger partial charge < -0.3 is 5.32 Å². The highest BCUT2D eigenvalue weighted by atomic mass is 19.2. The highest BCUT2D eigenvalue weighted by Gasteiger charge is 2.19. The van der Waals surface area contributed by atoms with E-state index in [1.807, 2.05) is 24.6 Å². The second-order valence-electron chi connectivity index (χ2n) is 5.09. The predicted octanol–water partition coefficient (Wildman–Crippen LogP) is 3.58. The van der Waals surface area contributed by atoms with E-state index in [0.717, 1.165) is 30.9 Å². The first-order chi connectivity index (χ1) is 10.1. The fourth-order valence-electron chi connectivity index (χ4n) is 2.42. The molecule has 0 saturated heterocycles. The van der Waals surface area contributed by atoms with Crippen molar-refractivity contribution in [3.63, 3.8) is 0 Å². The van der Waals surface area contributed by atoms with E-state index in [2.05, 4.69) is 17.3 Å². The van der Waals surface area contributed by atoms with Crippen molar-refractivity contribution in [1.82, 2.24) is 15.1 Å². The van der Waals surface area contributed by atoms with Crippen molar-refractivity contribution in [2.24, 2.45) is 0 Å². The molecule has 1 unspecified atom stereocenters. The van der Waals surface area contributed by atoms with E-state index in [9.17, 15) is 8.78 Å². The molecule has 0 aliphatic rings. The number of benzene rings is 1. The van der Waals surface area contributed by atoms with Crippen LogP contribution in [0.15, 0.2) is 24.3 Å². The Balaban J connectivity index is 2.43. The van der Waals surface area contributed by atoms with E-state index < -0.39 is 11.6 Å². The minimum absolute atomic E-state index is 0.193. The summed E-state index contributed by atoms with van der Waals surface area (Å²) in [6, 6.07) is 5.84. The number of hydrogen-bond donors (Lipinski definition) is 1. The second kappa shape index (κ2) is 6.80. The average molecular weight is 293 g/mol. The molecule has 1 heterocycles. The molecular formula is C16H21F2N3. The standard InChI is InChI=1S/C16H21F2N3/c1-4-8-19-16(12-6-7-13(17)14(18)10-12)15-9-11(3)20-21(15)5-2/h6-7,9-10,16,19H,4-5,8H2,1-3H3. The summed E-state index contributed by atoms with van der Waals surface area (Å²) in [5.41, 5.74) is 2.59. The number of nitrogens with one attached hydrogen (secondary N) is 1. The lowest BCUT2D eigenvalue weighted by Crippen LogP contribution is -2.26. The summed E-state index contributed by atoms with van der Waals surface area (Å²) in [6.07, 6.45) is 0.958. The lowest BCUT2D eigenvalue weighted by atomic mass is 10.0. The van der Waals surface area contributed by atoms with Crippen LogP contribution in [0.5, 0.6) is 0 Å². The fourth-order valence-corrected chi connectivity index (χ4v) is 2.42. The summed E-state index contributed by atoms with van der Waals surface area (Å²) in [4.78, 5) is 0. The van der Waals surface area contributed by atoms with Crippen LogP contribution in [0.1, 0.15) is 43.3 Å². The van der Waals surface area contributed by atoms with E-state index >= 15 is 0 Å². The van der Waals surface area contributed by atoms with E-state index in [0.29, 0.717) is 5.56 Å². The Bertz CT molecular complexity index is 608. The van der Waals surface area contributed by atoms with Gasteiger partial charge in [0, 0.05) is 6.54 Å². The third-order valence-electron chi connectivity index (χ3n) is 3.40. The molecule has 0 fully saturated rings. The maximum absolute atomic E-state index is 13.5. The van der Waals surface area contributed by atoms with Crippen molar-refractivity contribution >= 4 is 0 Å². The third-order valence-corrected chi connectivity index (χ3v) is 3.40. The van der Waals surface area contributed by atoms with Crippen LogP contribution in [0.25, 0.3) is 0 Å². The Morgan fingerprint density at radius 2 is 1.95 bits per heavy atom. The molecule has 0 amide bonds. The molecule has 0 bridgehead atoms. The monoisotopic (exact) mass is 293 g/mol. The molecule has 1 atom stereocenters. The lowest BCUT2D eigenvalue weighted by Gasteiger charge is -2.20. The van der Waals surface area contributed by atoms with Crippen LogP contribution in [0.4, 0.5) is 8.78 Å². The Kier molecular flexibility index (Phi) is 5.07. The van der Waals surface area contributed by atoms with Crippen LogP contribution in [0.2, 0.25) is 0 Å². The maximum atomic E-state index is 13.5. The number of hydrogen-bond acceptors (Lipinski definition) is 2. The summed E-state index contributed by atoms with van der Waals surface area (Å²) in [7, 11) is 0. The van der Waals surface area contributed by atoms with Crippen LogP contribution in [0, 0.1) is 18.6 Å². The van der Waals surface area contributed by atoms with Gasteiger partial charge in [0.1, 0.15) is 0 Å². The number of rotatable bonds is 6. The Morgan fingerprint density at radius 3 is 2.57 bits per heavy atom. The summed E-state index contributed by atoms with van der Waals surface area (Å²) < 4.78 is 28.6. The SMILES string of the molecule is CCCNC(c1ccc(F)c(F)c1)c1cc(C)nn1CC. The van der Waals surface area contributed by atoms with Gasteiger partial charge in [0.15, 0.2) is 11.6 Å². The highest BCUT2D eigenvalue weighted by molar-refractivity contribution is 5.30. The van der Waals surface area contributed by atoms with Gasteiger partial charge in [0.05, 0.1) is 17.4 Å². The van der Waals surface area contributed by atoms with Crippen molar-refractivity contribution in [3.05, 3.63) is 52.9 Å². The van der Waals surface area contributed by atoms with Gasteiger partial charge in [-0.3, -0.25) is 4.68 Å². The molecule has 1 aromatic carbocycles. The average Bonchev–Trinajstić information content (AvgIpc) is 2.84. The summed E-state index contributed by atoms with van der Waals surface area (Å²) in [5, 5.41) is 7.82. The van der Waals surface area contributed by atoms with E-state index in [1.165, 1.54) is 12.1 Å². The first-order valence-electron chi connectivity index (χ1n) is 7.29. The van der Waals surface area contributed by atoms with Crippen molar-refractivity contribution in [1.29, 1.82) is 0 Å². The molecule has 1 aromatic heterocycles. The number of halogens is 2. The van der Waals surface area contributed by atoms with Gasteiger partial charge in [-0.15, -0.1) is 0 Å². The molecule has 2 rings (SSSR count). The van der Waals surface area contributed by atoms with E-state index in [1.54, 1.807) is 6.07 Å². The van der Waals surface area contributed by atoms with Crippen LogP contribution in [0.3, 0.4) is 0 Å². The van der Waals surface area contributed by atoms with Gasteiger partial charge in [-0.2, -0.15) is 5.10 Å². The molecule has 0 aliphatic heterocycles. The van der Waals surface area contributed by atoms with Gasteiger partial charge in [0.2, 0.25) is 0 Å². The number of aromatic nitrogens is 2. The first-order valence-corrected chi connectivity index (χ1v) is 7.29. The Morgan fingerprint density at radius 1 is 1.19 bits per heavy atom. The summed E-state index contributed by atoms with van der Waals surface area (Å²) in [6.45, 7) is 7.53. The highest BCUT2D eigenvalue weighted by Crippen LogP contribution is 2.24. The zero-order valence-electron chi connectivity index (χ0n) is 12.7. The number of nitrogens with zero attached hydrogens (tertiary/aromatic N) is 2. The quantitative estimate of drug-likeness (QED) is 0.882. The molecule has 3 nitrogen and oxygen atoms in total. The fraction of sp³-hybridized carbons (Fsp3) is 0.438. The Labute approximate surface area is 124 Å². The van der Waals surface area contributed by atoms with Crippen LogP contribution < -0.4 is 5.32 Å². The molecule has 0 radical (unpaired) electrons. The van der Waals surface area contributed by atoms with Gasteiger partial charge in [0.25, 0.3) is 0 Å². The zero-order valence-corrected chi connectivity index (χ0v) is 12.7. The minimum Gasteiger partial charge on any atom is -0.305 e. The van der Waals surface area contributed by atoms with Crippen molar-refractivity contribution in [3.8, 4) is 0 Å². The molecule has 0 spiro atoms. The predicted molar refractivity (Wildman–Crippen MR) is 79.1 cm³/mol. The van der Waals surface area contributed by atoms with E-state index in [4.69, 9.17) is 0 Å². The summed E-state index contributed by atoms with van der Waals surface area (Å²) >= 11 is 0. The molecule has 1 N–H and O–H groups in total. The largest absolute Gasteiger partial charge is 0.305 e. The topological polar surface area (TPSA) is 29.9 Å². The Hall–Kier alpha value is -1.75. The lowest BCUT2D eigenvalue weighted by molar-refractivity contribution is 0.496. The number of aryl methyl sites for hydroxylation is 2. The summed E-state index contributed by atoms with van der Waals surface area (Å²) in [5.74, 6) is -1.65. The van der Waals surface area contributed by atoms with Crippen LogP contribution in [-0.4, -0.2) is 16.3 Å². The molecule has 114 valence electrons. The molecule has 2 aromatic rings. The van der Waals surface area contributed by atoms with Gasteiger partial charge in [-0.05, 0) is 50.6 Å². The molecule has 0 aliphatic carbocycles.